The molecule has 2 rings (SSSR count). The fourth-order valence-electron chi connectivity index (χ4n) is 2.93. The number of hydrogen-bond acceptors (Lipinski definition) is 2. The first-order valence-corrected chi connectivity index (χ1v) is 8.29. The van der Waals surface area contributed by atoms with E-state index in [1.165, 1.54) is 32.4 Å². The molecule has 0 aromatic heterocycles. The van der Waals surface area contributed by atoms with Gasteiger partial charge in [-0.2, -0.15) is 0 Å². The van der Waals surface area contributed by atoms with Gasteiger partial charge in [0.2, 0.25) is 0 Å². The highest BCUT2D eigenvalue weighted by atomic mass is 35.5. The fourth-order valence-corrected chi connectivity index (χ4v) is 3.51. The van der Waals surface area contributed by atoms with Crippen LogP contribution in [0.2, 0.25) is 10.0 Å². The minimum atomic E-state index is 0.262. The molecule has 2 atom stereocenters. The highest BCUT2D eigenvalue weighted by Crippen LogP contribution is 2.27. The number of halogens is 2. The molecule has 1 heterocycles. The maximum absolute atomic E-state index is 6.29. The lowest BCUT2D eigenvalue weighted by atomic mass is 10.0. The van der Waals surface area contributed by atoms with Gasteiger partial charge in [0.15, 0.2) is 0 Å². The molecule has 1 N–H and O–H groups in total. The van der Waals surface area contributed by atoms with Crippen LogP contribution in [0, 0.1) is 0 Å². The Morgan fingerprint density at radius 1 is 1.30 bits per heavy atom. The van der Waals surface area contributed by atoms with Gasteiger partial charge in [0, 0.05) is 22.1 Å². The zero-order valence-corrected chi connectivity index (χ0v) is 13.8. The Hall–Kier alpha value is -0.280. The average Bonchev–Trinajstić information content (AvgIpc) is 2.63. The zero-order valence-electron chi connectivity index (χ0n) is 12.3. The normalized spacial score (nSPS) is 22.5. The molecule has 1 fully saturated rings. The smallest absolute Gasteiger partial charge is 0.0468 e. The summed E-state index contributed by atoms with van der Waals surface area (Å²) in [6.45, 7) is 7.99. The second-order valence-corrected chi connectivity index (χ2v) is 6.46. The first-order chi connectivity index (χ1) is 9.60. The van der Waals surface area contributed by atoms with Crippen molar-refractivity contribution >= 4 is 23.2 Å². The second-order valence-electron chi connectivity index (χ2n) is 5.62. The Bertz CT molecular complexity index is 436. The number of nitrogens with zero attached hydrogens (tertiary/aromatic N) is 1. The molecule has 112 valence electrons. The van der Waals surface area contributed by atoms with Gasteiger partial charge >= 0.3 is 0 Å². The molecule has 0 aliphatic carbocycles. The Labute approximate surface area is 132 Å². The molecule has 0 radical (unpaired) electrons. The molecule has 0 amide bonds. The van der Waals surface area contributed by atoms with Crippen molar-refractivity contribution in [3.63, 3.8) is 0 Å². The van der Waals surface area contributed by atoms with Crippen molar-refractivity contribution in [3.05, 3.63) is 33.8 Å². The third-order valence-corrected chi connectivity index (χ3v) is 4.75. The lowest BCUT2D eigenvalue weighted by Gasteiger charge is -2.23. The van der Waals surface area contributed by atoms with Crippen molar-refractivity contribution in [2.24, 2.45) is 0 Å². The van der Waals surface area contributed by atoms with Crippen LogP contribution in [0.15, 0.2) is 18.2 Å². The van der Waals surface area contributed by atoms with E-state index >= 15 is 0 Å². The van der Waals surface area contributed by atoms with Gasteiger partial charge in [0.05, 0.1) is 0 Å². The molecule has 1 aliphatic heterocycles. The molecule has 1 aromatic carbocycles. The van der Waals surface area contributed by atoms with E-state index in [0.29, 0.717) is 11.1 Å². The molecule has 20 heavy (non-hydrogen) atoms. The summed E-state index contributed by atoms with van der Waals surface area (Å²) in [5.41, 5.74) is 1.13. The van der Waals surface area contributed by atoms with E-state index in [1.54, 1.807) is 0 Å². The molecule has 0 saturated carbocycles. The molecule has 2 nitrogen and oxygen atoms in total. The van der Waals surface area contributed by atoms with Crippen LogP contribution in [-0.4, -0.2) is 30.6 Å². The molecule has 2 unspecified atom stereocenters. The van der Waals surface area contributed by atoms with Crippen molar-refractivity contribution in [3.8, 4) is 0 Å². The molecule has 1 aromatic rings. The van der Waals surface area contributed by atoms with E-state index in [-0.39, 0.29) is 6.04 Å². The van der Waals surface area contributed by atoms with Crippen LogP contribution in [0.1, 0.15) is 44.7 Å². The SMILES string of the molecule is CCN1CCCC(NC(C)c2ccc(Cl)cc2Cl)CC1. The van der Waals surface area contributed by atoms with Gasteiger partial charge in [-0.05, 0) is 63.5 Å². The van der Waals surface area contributed by atoms with Crippen LogP contribution in [0.3, 0.4) is 0 Å². The maximum Gasteiger partial charge on any atom is 0.0468 e. The summed E-state index contributed by atoms with van der Waals surface area (Å²) < 4.78 is 0. The first-order valence-electron chi connectivity index (χ1n) is 7.53. The summed E-state index contributed by atoms with van der Waals surface area (Å²) in [6, 6.07) is 6.60. The molecule has 0 bridgehead atoms. The van der Waals surface area contributed by atoms with Gasteiger partial charge in [-0.1, -0.05) is 36.2 Å². The van der Waals surface area contributed by atoms with Crippen LogP contribution in [0.25, 0.3) is 0 Å². The fraction of sp³-hybridized carbons (Fsp3) is 0.625. The molecule has 1 aliphatic rings. The van der Waals surface area contributed by atoms with Crippen LogP contribution >= 0.6 is 23.2 Å². The third kappa shape index (κ3) is 4.36. The maximum atomic E-state index is 6.29. The van der Waals surface area contributed by atoms with Crippen molar-refractivity contribution in [2.45, 2.75) is 45.2 Å². The third-order valence-electron chi connectivity index (χ3n) is 4.18. The van der Waals surface area contributed by atoms with Crippen LogP contribution in [0.5, 0.6) is 0 Å². The summed E-state index contributed by atoms with van der Waals surface area (Å²) in [5.74, 6) is 0. The van der Waals surface area contributed by atoms with Crippen molar-refractivity contribution in [1.82, 2.24) is 10.2 Å². The average molecular weight is 315 g/mol. The first kappa shape index (κ1) is 16.1. The van der Waals surface area contributed by atoms with Crippen molar-refractivity contribution in [1.29, 1.82) is 0 Å². The van der Waals surface area contributed by atoms with Crippen LogP contribution < -0.4 is 5.32 Å². The summed E-state index contributed by atoms with van der Waals surface area (Å²) >= 11 is 12.2. The summed E-state index contributed by atoms with van der Waals surface area (Å²) in [5, 5.41) is 5.17. The van der Waals surface area contributed by atoms with Gasteiger partial charge in [0.1, 0.15) is 0 Å². The zero-order chi connectivity index (χ0) is 14.5. The minimum Gasteiger partial charge on any atom is -0.307 e. The Balaban J connectivity index is 1.95. The Kier molecular flexibility index (Phi) is 6.16. The predicted molar refractivity (Wildman–Crippen MR) is 87.8 cm³/mol. The lowest BCUT2D eigenvalue weighted by molar-refractivity contribution is 0.295. The van der Waals surface area contributed by atoms with E-state index in [4.69, 9.17) is 23.2 Å². The topological polar surface area (TPSA) is 15.3 Å². The van der Waals surface area contributed by atoms with E-state index in [2.05, 4.69) is 24.1 Å². The highest BCUT2D eigenvalue weighted by molar-refractivity contribution is 6.35. The quantitative estimate of drug-likeness (QED) is 0.879. The number of nitrogens with one attached hydrogen (secondary N) is 1. The molecule has 1 saturated heterocycles. The van der Waals surface area contributed by atoms with Crippen molar-refractivity contribution < 1.29 is 0 Å². The van der Waals surface area contributed by atoms with E-state index in [9.17, 15) is 0 Å². The minimum absolute atomic E-state index is 0.262. The Morgan fingerprint density at radius 3 is 2.80 bits per heavy atom. The second kappa shape index (κ2) is 7.65. The summed E-state index contributed by atoms with van der Waals surface area (Å²) in [7, 11) is 0. The highest BCUT2D eigenvalue weighted by Gasteiger charge is 2.19. The Morgan fingerprint density at radius 2 is 2.10 bits per heavy atom. The number of rotatable bonds is 4. The largest absolute Gasteiger partial charge is 0.307 e. The number of benzene rings is 1. The molecular weight excluding hydrogens is 291 g/mol. The van der Waals surface area contributed by atoms with Crippen LogP contribution in [0.4, 0.5) is 0 Å². The monoisotopic (exact) mass is 314 g/mol. The van der Waals surface area contributed by atoms with Gasteiger partial charge in [-0.15, -0.1) is 0 Å². The molecule has 4 heteroatoms. The summed E-state index contributed by atoms with van der Waals surface area (Å²) in [4.78, 5) is 2.53. The van der Waals surface area contributed by atoms with Gasteiger partial charge in [-0.25, -0.2) is 0 Å². The van der Waals surface area contributed by atoms with Crippen molar-refractivity contribution in [2.75, 3.05) is 19.6 Å². The van der Waals surface area contributed by atoms with Crippen LogP contribution in [-0.2, 0) is 0 Å². The van der Waals surface area contributed by atoms with E-state index in [1.807, 2.05) is 18.2 Å². The van der Waals surface area contributed by atoms with E-state index < -0.39 is 0 Å². The molecule has 0 spiro atoms. The molecular formula is C16H24Cl2N2. The summed E-state index contributed by atoms with van der Waals surface area (Å²) in [6.07, 6.45) is 3.72. The standard InChI is InChI=1S/C16H24Cl2N2/c1-3-20-9-4-5-14(8-10-20)19-12(2)15-7-6-13(17)11-16(15)18/h6-7,11-12,14,19H,3-5,8-10H2,1-2H3. The van der Waals surface area contributed by atoms with Gasteiger partial charge < -0.3 is 10.2 Å². The lowest BCUT2D eigenvalue weighted by Crippen LogP contribution is -2.33. The van der Waals surface area contributed by atoms with Gasteiger partial charge in [-0.3, -0.25) is 0 Å². The number of likely N-dealkylation sites (tertiary alicyclic amines) is 1. The predicted octanol–water partition coefficient (Wildman–Crippen LogP) is 4.52. The van der Waals surface area contributed by atoms with E-state index in [0.717, 1.165) is 17.1 Å². The van der Waals surface area contributed by atoms with Gasteiger partial charge in [0.25, 0.3) is 0 Å². The number of hydrogen-bond donors (Lipinski definition) is 1.